The summed E-state index contributed by atoms with van der Waals surface area (Å²) >= 11 is 2.56. The van der Waals surface area contributed by atoms with E-state index in [-0.39, 0.29) is 23.1 Å². The van der Waals surface area contributed by atoms with Crippen molar-refractivity contribution in [2.24, 2.45) is 7.05 Å². The molecule has 1 N–H and O–H groups in total. The number of aromatic nitrogens is 2. The minimum absolute atomic E-state index is 0.0660. The second-order valence-electron chi connectivity index (χ2n) is 6.29. The van der Waals surface area contributed by atoms with Crippen molar-refractivity contribution in [3.05, 3.63) is 51.6 Å². The average molecular weight is 431 g/mol. The van der Waals surface area contributed by atoms with Gasteiger partial charge in [-0.1, -0.05) is 17.8 Å². The van der Waals surface area contributed by atoms with Crippen molar-refractivity contribution in [2.75, 3.05) is 24.2 Å². The SMILES string of the molecule is CCN(CC)C(=O)c1cccc(NC(=O)CSc2nc3ccsc3c(=O)n2C)c1. The van der Waals surface area contributed by atoms with E-state index >= 15 is 0 Å². The molecule has 29 heavy (non-hydrogen) atoms. The van der Waals surface area contributed by atoms with Crippen molar-refractivity contribution in [1.29, 1.82) is 0 Å². The van der Waals surface area contributed by atoms with E-state index < -0.39 is 0 Å². The Morgan fingerprint density at radius 3 is 2.72 bits per heavy atom. The molecule has 0 radical (unpaired) electrons. The number of nitrogens with zero attached hydrogens (tertiary/aromatic N) is 3. The Balaban J connectivity index is 1.67. The topological polar surface area (TPSA) is 84.3 Å². The normalized spacial score (nSPS) is 10.9. The number of benzene rings is 1. The van der Waals surface area contributed by atoms with E-state index in [1.165, 1.54) is 27.7 Å². The van der Waals surface area contributed by atoms with Crippen LogP contribution in [-0.2, 0) is 11.8 Å². The van der Waals surface area contributed by atoms with Crippen LogP contribution in [0.1, 0.15) is 24.2 Å². The van der Waals surface area contributed by atoms with Gasteiger partial charge in [0.05, 0.1) is 11.3 Å². The van der Waals surface area contributed by atoms with Gasteiger partial charge in [-0.15, -0.1) is 11.3 Å². The summed E-state index contributed by atoms with van der Waals surface area (Å²) in [6.45, 7) is 5.11. The van der Waals surface area contributed by atoms with Crippen LogP contribution in [0, 0.1) is 0 Å². The fourth-order valence-corrected chi connectivity index (χ4v) is 4.42. The van der Waals surface area contributed by atoms with E-state index in [1.54, 1.807) is 42.3 Å². The van der Waals surface area contributed by atoms with Crippen LogP contribution < -0.4 is 10.9 Å². The number of rotatable bonds is 7. The van der Waals surface area contributed by atoms with Crippen molar-refractivity contribution < 1.29 is 9.59 Å². The molecule has 0 atom stereocenters. The van der Waals surface area contributed by atoms with Gasteiger partial charge < -0.3 is 10.2 Å². The summed E-state index contributed by atoms with van der Waals surface area (Å²) in [6.07, 6.45) is 0. The Bertz CT molecular complexity index is 1100. The molecule has 152 valence electrons. The molecule has 0 spiro atoms. The first-order valence-electron chi connectivity index (χ1n) is 9.20. The van der Waals surface area contributed by atoms with Crippen molar-refractivity contribution in [3.8, 4) is 0 Å². The minimum atomic E-state index is -0.234. The fraction of sp³-hybridized carbons (Fsp3) is 0.300. The maximum Gasteiger partial charge on any atom is 0.271 e. The summed E-state index contributed by atoms with van der Waals surface area (Å²) in [7, 11) is 1.65. The van der Waals surface area contributed by atoms with Crippen molar-refractivity contribution in [3.63, 3.8) is 0 Å². The van der Waals surface area contributed by atoms with E-state index in [2.05, 4.69) is 10.3 Å². The number of thioether (sulfide) groups is 1. The molecule has 0 saturated carbocycles. The highest BCUT2D eigenvalue weighted by Gasteiger charge is 2.14. The highest BCUT2D eigenvalue weighted by Crippen LogP contribution is 2.20. The molecule has 0 aliphatic rings. The summed E-state index contributed by atoms with van der Waals surface area (Å²) in [5, 5.41) is 5.12. The molecule has 0 unspecified atom stereocenters. The predicted molar refractivity (Wildman–Crippen MR) is 118 cm³/mol. The third-order valence-electron chi connectivity index (χ3n) is 4.42. The van der Waals surface area contributed by atoms with E-state index in [0.717, 1.165) is 0 Å². The number of carbonyl (C=O) groups is 2. The number of hydrogen-bond acceptors (Lipinski definition) is 6. The Morgan fingerprint density at radius 1 is 1.24 bits per heavy atom. The predicted octanol–water partition coefficient (Wildman–Crippen LogP) is 3.21. The molecule has 3 rings (SSSR count). The maximum absolute atomic E-state index is 12.5. The lowest BCUT2D eigenvalue weighted by molar-refractivity contribution is -0.113. The highest BCUT2D eigenvalue weighted by atomic mass is 32.2. The molecule has 0 fully saturated rings. The Hall–Kier alpha value is -2.65. The first-order valence-corrected chi connectivity index (χ1v) is 11.1. The standard InChI is InChI=1S/C20H22N4O3S2/c1-4-24(5-2)18(26)13-7-6-8-14(11-13)21-16(25)12-29-20-22-15-9-10-28-17(15)19(27)23(20)3/h6-11H,4-5,12H2,1-3H3,(H,21,25). The van der Waals surface area contributed by atoms with Gasteiger partial charge in [0, 0.05) is 31.4 Å². The molecule has 0 aliphatic carbocycles. The van der Waals surface area contributed by atoms with E-state index in [4.69, 9.17) is 0 Å². The van der Waals surface area contributed by atoms with Crippen LogP contribution in [0.25, 0.3) is 10.2 Å². The minimum Gasteiger partial charge on any atom is -0.339 e. The summed E-state index contributed by atoms with van der Waals surface area (Å²) < 4.78 is 2.07. The van der Waals surface area contributed by atoms with Crippen LogP contribution in [0.2, 0.25) is 0 Å². The zero-order valence-corrected chi connectivity index (χ0v) is 18.1. The lowest BCUT2D eigenvalue weighted by Crippen LogP contribution is -2.30. The van der Waals surface area contributed by atoms with Gasteiger partial charge in [0.15, 0.2) is 5.16 Å². The number of nitrogens with one attached hydrogen (secondary N) is 1. The monoisotopic (exact) mass is 430 g/mol. The van der Waals surface area contributed by atoms with Crippen LogP contribution in [-0.4, -0.2) is 45.1 Å². The van der Waals surface area contributed by atoms with Crippen molar-refractivity contribution >= 4 is 50.8 Å². The van der Waals surface area contributed by atoms with Crippen LogP contribution in [0.3, 0.4) is 0 Å². The molecule has 9 heteroatoms. The van der Waals surface area contributed by atoms with Gasteiger partial charge in [0.2, 0.25) is 5.91 Å². The van der Waals surface area contributed by atoms with E-state index in [1.807, 2.05) is 19.2 Å². The van der Waals surface area contributed by atoms with Crippen LogP contribution >= 0.6 is 23.1 Å². The van der Waals surface area contributed by atoms with Gasteiger partial charge in [-0.3, -0.25) is 19.0 Å². The summed E-state index contributed by atoms with van der Waals surface area (Å²) in [6, 6.07) is 8.70. The third-order valence-corrected chi connectivity index (χ3v) is 6.34. The summed E-state index contributed by atoms with van der Waals surface area (Å²) in [4.78, 5) is 43.4. The smallest absolute Gasteiger partial charge is 0.271 e. The van der Waals surface area contributed by atoms with Gasteiger partial charge in [0.25, 0.3) is 11.5 Å². The lowest BCUT2D eigenvalue weighted by atomic mass is 10.1. The molecule has 3 aromatic rings. The molecule has 0 aliphatic heterocycles. The molecule has 0 bridgehead atoms. The molecular formula is C20H22N4O3S2. The third kappa shape index (κ3) is 4.68. The first kappa shape index (κ1) is 21.1. The number of amides is 2. The molecule has 0 saturated heterocycles. The quantitative estimate of drug-likeness (QED) is 0.460. The largest absolute Gasteiger partial charge is 0.339 e. The van der Waals surface area contributed by atoms with Crippen LogP contribution in [0.15, 0.2) is 45.7 Å². The summed E-state index contributed by atoms with van der Waals surface area (Å²) in [5.41, 5.74) is 1.62. The first-order chi connectivity index (χ1) is 13.9. The average Bonchev–Trinajstić information content (AvgIpc) is 3.19. The van der Waals surface area contributed by atoms with E-state index in [0.29, 0.717) is 39.7 Å². The Morgan fingerprint density at radius 2 is 2.00 bits per heavy atom. The Kier molecular flexibility index (Phi) is 6.71. The van der Waals surface area contributed by atoms with Gasteiger partial charge in [-0.2, -0.15) is 0 Å². The molecular weight excluding hydrogens is 408 g/mol. The Labute approximate surface area is 176 Å². The lowest BCUT2D eigenvalue weighted by Gasteiger charge is -2.19. The van der Waals surface area contributed by atoms with Crippen molar-refractivity contribution in [1.82, 2.24) is 14.5 Å². The fourth-order valence-electron chi connectivity index (χ4n) is 2.85. The zero-order valence-electron chi connectivity index (χ0n) is 16.5. The summed E-state index contributed by atoms with van der Waals surface area (Å²) in [5.74, 6) is -0.199. The molecule has 1 aromatic carbocycles. The van der Waals surface area contributed by atoms with Crippen LogP contribution in [0.5, 0.6) is 0 Å². The van der Waals surface area contributed by atoms with Crippen LogP contribution in [0.4, 0.5) is 5.69 Å². The molecule has 2 amide bonds. The second-order valence-corrected chi connectivity index (χ2v) is 8.15. The molecule has 2 aromatic heterocycles. The van der Waals surface area contributed by atoms with E-state index in [9.17, 15) is 14.4 Å². The number of thiophene rings is 1. The molecule has 7 nitrogen and oxygen atoms in total. The van der Waals surface area contributed by atoms with Gasteiger partial charge in [0.1, 0.15) is 4.70 Å². The number of hydrogen-bond donors (Lipinski definition) is 1. The maximum atomic E-state index is 12.5. The number of anilines is 1. The van der Waals surface area contributed by atoms with Crippen molar-refractivity contribution in [2.45, 2.75) is 19.0 Å². The number of carbonyl (C=O) groups excluding carboxylic acids is 2. The highest BCUT2D eigenvalue weighted by molar-refractivity contribution is 7.99. The second kappa shape index (κ2) is 9.23. The molecule has 2 heterocycles. The van der Waals surface area contributed by atoms with Gasteiger partial charge in [-0.05, 0) is 43.5 Å². The number of fused-ring (bicyclic) bond motifs is 1. The zero-order chi connectivity index (χ0) is 21.0. The van der Waals surface area contributed by atoms with Gasteiger partial charge >= 0.3 is 0 Å². The van der Waals surface area contributed by atoms with Gasteiger partial charge in [-0.25, -0.2) is 4.98 Å².